The minimum atomic E-state index is 0.839. The molecule has 0 fully saturated rings. The number of benzene rings is 7. The zero-order chi connectivity index (χ0) is 29.7. The van der Waals surface area contributed by atoms with Gasteiger partial charge in [-0.1, -0.05) is 103 Å². The molecule has 7 aromatic carbocycles. The minimum Gasteiger partial charge on any atom is -0.456 e. The SMILES string of the molecule is c1ccc(N(c2ccc3c(c2)-c2ccccc2-c2ccccc2O3)c2ccc3c(c2)-c2ccccc2-c2ccccc2O3)cc1. The summed E-state index contributed by atoms with van der Waals surface area (Å²) < 4.78 is 13.1. The lowest BCUT2D eigenvalue weighted by Gasteiger charge is -2.27. The van der Waals surface area contributed by atoms with Crippen molar-refractivity contribution in [3.8, 4) is 67.5 Å². The van der Waals surface area contributed by atoms with Crippen LogP contribution in [-0.4, -0.2) is 0 Å². The molecule has 2 heterocycles. The highest BCUT2D eigenvalue weighted by atomic mass is 16.5. The van der Waals surface area contributed by atoms with Crippen molar-refractivity contribution in [2.24, 2.45) is 0 Å². The second kappa shape index (κ2) is 10.3. The number of nitrogens with zero attached hydrogens (tertiary/aromatic N) is 1. The van der Waals surface area contributed by atoms with Gasteiger partial charge in [0.05, 0.1) is 0 Å². The van der Waals surface area contributed by atoms with Gasteiger partial charge in [0.1, 0.15) is 23.0 Å². The Labute approximate surface area is 262 Å². The number of rotatable bonds is 3. The first kappa shape index (κ1) is 25.4. The van der Waals surface area contributed by atoms with Crippen LogP contribution in [0.1, 0.15) is 0 Å². The van der Waals surface area contributed by atoms with Gasteiger partial charge in [-0.2, -0.15) is 0 Å². The fourth-order valence-electron chi connectivity index (χ4n) is 6.64. The van der Waals surface area contributed by atoms with E-state index in [0.717, 1.165) is 84.6 Å². The van der Waals surface area contributed by atoms with Crippen molar-refractivity contribution in [3.05, 3.63) is 164 Å². The summed E-state index contributed by atoms with van der Waals surface area (Å²) in [6, 6.07) is 57.1. The Morgan fingerprint density at radius 2 is 0.622 bits per heavy atom. The highest BCUT2D eigenvalue weighted by Gasteiger charge is 2.25. The van der Waals surface area contributed by atoms with Crippen molar-refractivity contribution in [1.29, 1.82) is 0 Å². The molecule has 0 saturated carbocycles. The van der Waals surface area contributed by atoms with E-state index in [0.29, 0.717) is 0 Å². The van der Waals surface area contributed by atoms with Gasteiger partial charge in [0.25, 0.3) is 0 Å². The summed E-state index contributed by atoms with van der Waals surface area (Å²) in [6.07, 6.45) is 0. The van der Waals surface area contributed by atoms with Gasteiger partial charge < -0.3 is 14.4 Å². The molecule has 0 aromatic heterocycles. The monoisotopic (exact) mass is 577 g/mol. The van der Waals surface area contributed by atoms with Crippen molar-refractivity contribution < 1.29 is 9.47 Å². The molecule has 9 rings (SSSR count). The van der Waals surface area contributed by atoms with Gasteiger partial charge in [-0.25, -0.2) is 0 Å². The standard InChI is InChI=1S/C42H27NO2/c1-2-12-28(13-3-1)43(29-22-24-41-37(26-29)33-16-6-4-14-31(33)35-18-8-10-20-39(35)44-41)30-23-25-42-38(27-30)34-17-7-5-15-32(34)36-19-9-11-21-40(36)45-42/h1-27H. The maximum absolute atomic E-state index is 6.55. The first-order chi connectivity index (χ1) is 22.3. The Morgan fingerprint density at radius 3 is 1.09 bits per heavy atom. The Balaban J connectivity index is 1.24. The number of ether oxygens (including phenoxy) is 2. The second-order valence-corrected chi connectivity index (χ2v) is 11.3. The van der Waals surface area contributed by atoms with Crippen LogP contribution in [0.15, 0.2) is 164 Å². The van der Waals surface area contributed by atoms with Crippen LogP contribution in [0.3, 0.4) is 0 Å². The molecule has 7 aromatic rings. The Kier molecular flexibility index (Phi) is 5.82. The predicted octanol–water partition coefficient (Wildman–Crippen LogP) is 12.0. The lowest BCUT2D eigenvalue weighted by Crippen LogP contribution is -2.10. The smallest absolute Gasteiger partial charge is 0.135 e. The Hall–Kier alpha value is -6.06. The molecular formula is C42H27NO2. The molecule has 0 unspecified atom stereocenters. The Bertz CT molecular complexity index is 2100. The number of anilines is 3. The van der Waals surface area contributed by atoms with Gasteiger partial charge in [0.15, 0.2) is 0 Å². The molecular weight excluding hydrogens is 550 g/mol. The molecule has 45 heavy (non-hydrogen) atoms. The largest absolute Gasteiger partial charge is 0.456 e. The molecule has 0 atom stereocenters. The quantitative estimate of drug-likeness (QED) is 0.208. The van der Waals surface area contributed by atoms with Crippen LogP contribution in [0.5, 0.6) is 23.0 Å². The molecule has 2 aliphatic rings. The van der Waals surface area contributed by atoms with Crippen LogP contribution in [0, 0.1) is 0 Å². The number of hydrogen-bond acceptors (Lipinski definition) is 3. The molecule has 2 aliphatic heterocycles. The van der Waals surface area contributed by atoms with Crippen molar-refractivity contribution in [2.75, 3.05) is 4.90 Å². The van der Waals surface area contributed by atoms with Crippen LogP contribution < -0.4 is 14.4 Å². The van der Waals surface area contributed by atoms with Crippen LogP contribution in [0.25, 0.3) is 44.5 Å². The van der Waals surface area contributed by atoms with Crippen LogP contribution in [0.2, 0.25) is 0 Å². The molecule has 3 heteroatoms. The molecule has 3 nitrogen and oxygen atoms in total. The summed E-state index contributed by atoms with van der Waals surface area (Å²) in [5, 5.41) is 0. The number of hydrogen-bond donors (Lipinski definition) is 0. The topological polar surface area (TPSA) is 21.7 Å². The van der Waals surface area contributed by atoms with Gasteiger partial charge >= 0.3 is 0 Å². The average Bonchev–Trinajstić information content (AvgIpc) is 3.33. The van der Waals surface area contributed by atoms with Crippen LogP contribution in [0.4, 0.5) is 17.1 Å². The van der Waals surface area contributed by atoms with E-state index in [-0.39, 0.29) is 0 Å². The van der Waals surface area contributed by atoms with E-state index in [4.69, 9.17) is 9.47 Å². The van der Waals surface area contributed by atoms with E-state index in [2.05, 4.69) is 144 Å². The summed E-state index contributed by atoms with van der Waals surface area (Å²) in [5.74, 6) is 3.40. The third kappa shape index (κ3) is 4.21. The van der Waals surface area contributed by atoms with Gasteiger partial charge in [-0.3, -0.25) is 0 Å². The number of fused-ring (bicyclic) bond motifs is 10. The predicted molar refractivity (Wildman–Crippen MR) is 183 cm³/mol. The van der Waals surface area contributed by atoms with Crippen molar-refractivity contribution in [3.63, 3.8) is 0 Å². The molecule has 212 valence electrons. The van der Waals surface area contributed by atoms with E-state index in [9.17, 15) is 0 Å². The fraction of sp³-hybridized carbons (Fsp3) is 0. The molecule has 0 N–H and O–H groups in total. The normalized spacial score (nSPS) is 11.9. The fourth-order valence-corrected chi connectivity index (χ4v) is 6.64. The number of para-hydroxylation sites is 3. The maximum Gasteiger partial charge on any atom is 0.135 e. The van der Waals surface area contributed by atoms with Crippen molar-refractivity contribution in [1.82, 2.24) is 0 Å². The van der Waals surface area contributed by atoms with E-state index in [1.54, 1.807) is 0 Å². The molecule has 0 spiro atoms. The zero-order valence-electron chi connectivity index (χ0n) is 24.4. The first-order valence-corrected chi connectivity index (χ1v) is 15.2. The zero-order valence-corrected chi connectivity index (χ0v) is 24.4. The molecule has 0 aliphatic carbocycles. The summed E-state index contributed by atoms with van der Waals surface area (Å²) in [6.45, 7) is 0. The summed E-state index contributed by atoms with van der Waals surface area (Å²) in [4.78, 5) is 2.31. The molecule has 0 amide bonds. The van der Waals surface area contributed by atoms with E-state index >= 15 is 0 Å². The Morgan fingerprint density at radius 1 is 0.267 bits per heavy atom. The van der Waals surface area contributed by atoms with Crippen molar-refractivity contribution in [2.45, 2.75) is 0 Å². The maximum atomic E-state index is 6.55. The van der Waals surface area contributed by atoms with E-state index < -0.39 is 0 Å². The van der Waals surface area contributed by atoms with Crippen LogP contribution >= 0.6 is 0 Å². The second-order valence-electron chi connectivity index (χ2n) is 11.3. The summed E-state index contributed by atoms with van der Waals surface area (Å²) in [7, 11) is 0. The van der Waals surface area contributed by atoms with Gasteiger partial charge in [0.2, 0.25) is 0 Å². The summed E-state index contributed by atoms with van der Waals surface area (Å²) >= 11 is 0. The highest BCUT2D eigenvalue weighted by molar-refractivity contribution is 5.95. The third-order valence-corrected chi connectivity index (χ3v) is 8.69. The molecule has 0 bridgehead atoms. The van der Waals surface area contributed by atoms with Gasteiger partial charge in [0, 0.05) is 39.3 Å². The van der Waals surface area contributed by atoms with Gasteiger partial charge in [-0.15, -0.1) is 0 Å². The minimum absolute atomic E-state index is 0.839. The lowest BCUT2D eigenvalue weighted by molar-refractivity contribution is 0.487. The van der Waals surface area contributed by atoms with Crippen LogP contribution in [-0.2, 0) is 0 Å². The third-order valence-electron chi connectivity index (χ3n) is 8.69. The van der Waals surface area contributed by atoms with Gasteiger partial charge in [-0.05, 0) is 82.9 Å². The van der Waals surface area contributed by atoms with E-state index in [1.165, 1.54) is 0 Å². The first-order valence-electron chi connectivity index (χ1n) is 15.2. The lowest BCUT2D eigenvalue weighted by atomic mass is 9.93. The summed E-state index contributed by atoms with van der Waals surface area (Å²) in [5.41, 5.74) is 12.1. The molecule has 0 saturated heterocycles. The van der Waals surface area contributed by atoms with Crippen molar-refractivity contribution >= 4 is 17.1 Å². The highest BCUT2D eigenvalue weighted by Crippen LogP contribution is 2.51. The van der Waals surface area contributed by atoms with E-state index in [1.807, 2.05) is 24.3 Å². The molecule has 0 radical (unpaired) electrons. The average molecular weight is 578 g/mol.